The quantitative estimate of drug-likeness (QED) is 0.871. The molecule has 21 heavy (non-hydrogen) atoms. The van der Waals surface area contributed by atoms with Gasteiger partial charge in [-0.3, -0.25) is 4.79 Å². The Morgan fingerprint density at radius 1 is 1.43 bits per heavy atom. The second kappa shape index (κ2) is 5.63. The number of anilines is 1. The zero-order valence-corrected chi connectivity index (χ0v) is 11.5. The zero-order chi connectivity index (χ0) is 15.7. The van der Waals surface area contributed by atoms with Crippen molar-refractivity contribution in [2.75, 3.05) is 24.5 Å². The van der Waals surface area contributed by atoms with Crippen molar-refractivity contribution in [2.24, 2.45) is 5.41 Å². The number of benzene rings is 1. The van der Waals surface area contributed by atoms with Gasteiger partial charge in [-0.15, -0.1) is 0 Å². The van der Waals surface area contributed by atoms with Crippen molar-refractivity contribution in [1.82, 2.24) is 5.32 Å². The van der Waals surface area contributed by atoms with E-state index in [9.17, 15) is 22.4 Å². The smallest absolute Gasteiger partial charge is 0.315 e. The second-order valence-corrected chi connectivity index (χ2v) is 5.04. The Kier molecular flexibility index (Phi) is 4.22. The first-order valence-electron chi connectivity index (χ1n) is 6.67. The molecule has 1 fully saturated rings. The van der Waals surface area contributed by atoms with E-state index in [-0.39, 0.29) is 25.2 Å². The summed E-state index contributed by atoms with van der Waals surface area (Å²) in [6.45, 7) is 1.29. The van der Waals surface area contributed by atoms with Gasteiger partial charge in [-0.1, -0.05) is 6.07 Å². The molecule has 1 unspecified atom stereocenters. The predicted octanol–water partition coefficient (Wildman–Crippen LogP) is 2.72. The van der Waals surface area contributed by atoms with Crippen molar-refractivity contribution in [3.05, 3.63) is 30.1 Å². The average Bonchev–Trinajstić information content (AvgIpc) is 2.89. The van der Waals surface area contributed by atoms with E-state index in [0.717, 1.165) is 11.0 Å². The first kappa shape index (κ1) is 15.8. The van der Waals surface area contributed by atoms with Gasteiger partial charge in [0.2, 0.25) is 5.91 Å². The first-order chi connectivity index (χ1) is 9.82. The van der Waals surface area contributed by atoms with Crippen molar-refractivity contribution < 1.29 is 22.4 Å². The second-order valence-electron chi connectivity index (χ2n) is 5.04. The maximum Gasteiger partial charge on any atom is 0.404 e. The summed E-state index contributed by atoms with van der Waals surface area (Å²) in [6.07, 6.45) is -4.95. The Balaban J connectivity index is 2.39. The molecule has 7 heteroatoms. The number of alkyl halides is 3. The van der Waals surface area contributed by atoms with Crippen LogP contribution in [-0.4, -0.2) is 31.7 Å². The lowest BCUT2D eigenvalue weighted by atomic mass is 9.84. The molecule has 2 rings (SSSR count). The Bertz CT molecular complexity index is 524. The minimum Gasteiger partial charge on any atom is -0.315 e. The highest BCUT2D eigenvalue weighted by atomic mass is 19.4. The van der Waals surface area contributed by atoms with Crippen LogP contribution in [0.1, 0.15) is 13.3 Å². The van der Waals surface area contributed by atoms with Crippen molar-refractivity contribution in [3.63, 3.8) is 0 Å². The van der Waals surface area contributed by atoms with Crippen LogP contribution in [0.25, 0.3) is 0 Å². The van der Waals surface area contributed by atoms with Crippen LogP contribution in [0.15, 0.2) is 24.3 Å². The number of carbonyl (C=O) groups excluding carboxylic acids is 1. The largest absolute Gasteiger partial charge is 0.404 e. The highest BCUT2D eigenvalue weighted by Crippen LogP contribution is 2.45. The van der Waals surface area contributed by atoms with E-state index < -0.39 is 29.9 Å². The molecule has 1 aliphatic rings. The van der Waals surface area contributed by atoms with Gasteiger partial charge in [0.05, 0.1) is 0 Å². The summed E-state index contributed by atoms with van der Waals surface area (Å²) in [5.74, 6) is -1.63. The van der Waals surface area contributed by atoms with Crippen LogP contribution in [-0.2, 0) is 4.79 Å². The zero-order valence-electron chi connectivity index (χ0n) is 11.5. The Labute approximate surface area is 119 Å². The number of nitrogens with zero attached hydrogens (tertiary/aromatic N) is 1. The summed E-state index contributed by atoms with van der Waals surface area (Å²) in [5.41, 5.74) is -2.30. The molecule has 1 aromatic rings. The molecule has 1 aliphatic heterocycles. The molecular formula is C14H16F4N2O. The molecule has 1 aromatic carbocycles. The maximum absolute atomic E-state index is 13.4. The van der Waals surface area contributed by atoms with E-state index in [0.29, 0.717) is 0 Å². The number of hydrogen-bond acceptors (Lipinski definition) is 2. The van der Waals surface area contributed by atoms with Crippen LogP contribution in [0.2, 0.25) is 0 Å². The number of halogens is 4. The molecule has 3 nitrogen and oxygen atoms in total. The summed E-state index contributed by atoms with van der Waals surface area (Å²) < 4.78 is 53.5. The number of amides is 1. The van der Waals surface area contributed by atoms with Crippen molar-refractivity contribution >= 4 is 11.6 Å². The van der Waals surface area contributed by atoms with Crippen LogP contribution in [0.3, 0.4) is 0 Å². The minimum absolute atomic E-state index is 0.0418. The van der Waals surface area contributed by atoms with E-state index in [1.165, 1.54) is 18.2 Å². The van der Waals surface area contributed by atoms with Gasteiger partial charge in [-0.05, 0) is 38.1 Å². The van der Waals surface area contributed by atoms with E-state index in [1.54, 1.807) is 6.92 Å². The van der Waals surface area contributed by atoms with Crippen LogP contribution < -0.4 is 10.2 Å². The molecule has 0 bridgehead atoms. The molecular weight excluding hydrogens is 288 g/mol. The summed E-state index contributed by atoms with van der Waals surface area (Å²) >= 11 is 0. The molecule has 0 radical (unpaired) electrons. The molecule has 0 saturated carbocycles. The van der Waals surface area contributed by atoms with Crippen LogP contribution in [0, 0.1) is 11.2 Å². The van der Waals surface area contributed by atoms with Gasteiger partial charge in [0.25, 0.3) is 0 Å². The molecule has 0 aromatic heterocycles. The number of carbonyl (C=O) groups is 1. The van der Waals surface area contributed by atoms with Crippen LogP contribution >= 0.6 is 0 Å². The van der Waals surface area contributed by atoms with Crippen molar-refractivity contribution in [1.29, 1.82) is 0 Å². The van der Waals surface area contributed by atoms with Gasteiger partial charge < -0.3 is 10.2 Å². The molecule has 0 spiro atoms. The van der Waals surface area contributed by atoms with Crippen LogP contribution in [0.4, 0.5) is 23.2 Å². The van der Waals surface area contributed by atoms with Crippen molar-refractivity contribution in [2.45, 2.75) is 19.5 Å². The van der Waals surface area contributed by atoms with Crippen LogP contribution in [0.5, 0.6) is 0 Å². The minimum atomic E-state index is -4.64. The molecule has 1 amide bonds. The summed E-state index contributed by atoms with van der Waals surface area (Å²) in [5, 5.41) is 2.60. The van der Waals surface area contributed by atoms with Gasteiger partial charge in [0, 0.05) is 18.8 Å². The Morgan fingerprint density at radius 2 is 2.14 bits per heavy atom. The normalized spacial score (nSPS) is 22.3. The SMILES string of the molecule is CCN(C(=O)C1(C(F)(F)F)CCNC1)c1cccc(F)c1. The van der Waals surface area contributed by atoms with Gasteiger partial charge in [0.15, 0.2) is 5.41 Å². The van der Waals surface area contributed by atoms with Gasteiger partial charge in [-0.2, -0.15) is 13.2 Å². The fraction of sp³-hybridized carbons (Fsp3) is 0.500. The lowest BCUT2D eigenvalue weighted by molar-refractivity contribution is -0.214. The molecule has 116 valence electrons. The summed E-state index contributed by atoms with van der Waals surface area (Å²) in [6, 6.07) is 5.04. The number of nitrogens with one attached hydrogen (secondary N) is 1. The Hall–Kier alpha value is -1.63. The third kappa shape index (κ3) is 2.74. The van der Waals surface area contributed by atoms with E-state index in [1.807, 2.05) is 0 Å². The molecule has 1 N–H and O–H groups in total. The molecule has 0 aliphatic carbocycles. The highest BCUT2D eigenvalue weighted by molar-refractivity contribution is 5.98. The number of hydrogen-bond donors (Lipinski definition) is 1. The predicted molar refractivity (Wildman–Crippen MR) is 70.4 cm³/mol. The lowest BCUT2D eigenvalue weighted by Crippen LogP contribution is -2.53. The van der Waals surface area contributed by atoms with Gasteiger partial charge in [0.1, 0.15) is 5.82 Å². The van der Waals surface area contributed by atoms with Gasteiger partial charge >= 0.3 is 6.18 Å². The monoisotopic (exact) mass is 304 g/mol. The van der Waals surface area contributed by atoms with E-state index in [4.69, 9.17) is 0 Å². The topological polar surface area (TPSA) is 32.3 Å². The third-order valence-electron chi connectivity index (χ3n) is 3.79. The molecule has 1 heterocycles. The fourth-order valence-electron chi connectivity index (χ4n) is 2.58. The molecule has 1 saturated heterocycles. The average molecular weight is 304 g/mol. The maximum atomic E-state index is 13.4. The summed E-state index contributed by atoms with van der Waals surface area (Å²) in [4.78, 5) is 13.5. The number of rotatable bonds is 3. The lowest BCUT2D eigenvalue weighted by Gasteiger charge is -2.34. The third-order valence-corrected chi connectivity index (χ3v) is 3.79. The standard InChI is InChI=1S/C14H16F4N2O/c1-2-20(11-5-3-4-10(15)8-11)12(21)13(14(16,17)18)6-7-19-9-13/h3-5,8,19H,2,6-7,9H2,1H3. The fourth-order valence-corrected chi connectivity index (χ4v) is 2.58. The molecule has 1 atom stereocenters. The van der Waals surface area contributed by atoms with E-state index >= 15 is 0 Å². The Morgan fingerprint density at radius 3 is 2.62 bits per heavy atom. The van der Waals surface area contributed by atoms with Gasteiger partial charge in [-0.25, -0.2) is 4.39 Å². The van der Waals surface area contributed by atoms with E-state index in [2.05, 4.69) is 5.32 Å². The highest BCUT2D eigenvalue weighted by Gasteiger charge is 2.62. The van der Waals surface area contributed by atoms with Crippen molar-refractivity contribution in [3.8, 4) is 0 Å². The summed E-state index contributed by atoms with van der Waals surface area (Å²) in [7, 11) is 0. The first-order valence-corrected chi connectivity index (χ1v) is 6.67.